The first-order chi connectivity index (χ1) is 13.2. The Hall–Kier alpha value is -2.39. The molecule has 1 amide bonds. The van der Waals surface area contributed by atoms with Gasteiger partial charge in [0, 0.05) is 13.0 Å². The highest BCUT2D eigenvalue weighted by Gasteiger charge is 2.20. The van der Waals surface area contributed by atoms with E-state index in [9.17, 15) is 4.79 Å². The molecule has 3 heteroatoms. The van der Waals surface area contributed by atoms with Crippen LogP contribution in [0.5, 0.6) is 0 Å². The van der Waals surface area contributed by atoms with E-state index in [1.807, 2.05) is 56.1 Å². The zero-order chi connectivity index (χ0) is 20.1. The molecule has 2 aromatic carbocycles. The SMILES string of the molecule is CC.CCC.CNCCC(=O)N1Cc2ccccc2/C=C\c2ccccc21. The van der Waals surface area contributed by atoms with Crippen molar-refractivity contribution in [1.29, 1.82) is 0 Å². The van der Waals surface area contributed by atoms with Gasteiger partial charge in [-0.05, 0) is 29.8 Å². The summed E-state index contributed by atoms with van der Waals surface area (Å²) in [5, 5.41) is 3.05. The maximum Gasteiger partial charge on any atom is 0.228 e. The minimum absolute atomic E-state index is 0.145. The van der Waals surface area contributed by atoms with Crippen LogP contribution in [-0.4, -0.2) is 19.5 Å². The summed E-state index contributed by atoms with van der Waals surface area (Å²) in [6.07, 6.45) is 5.96. The highest BCUT2D eigenvalue weighted by molar-refractivity contribution is 5.97. The van der Waals surface area contributed by atoms with E-state index in [1.54, 1.807) is 0 Å². The predicted octanol–water partition coefficient (Wildman–Crippen LogP) is 5.76. The first-order valence-electron chi connectivity index (χ1n) is 10.0. The van der Waals surface area contributed by atoms with E-state index in [0.717, 1.165) is 11.3 Å². The van der Waals surface area contributed by atoms with E-state index in [0.29, 0.717) is 19.5 Å². The number of hydrogen-bond donors (Lipinski definition) is 1. The van der Waals surface area contributed by atoms with Crippen LogP contribution in [0, 0.1) is 0 Å². The molecule has 0 aromatic heterocycles. The van der Waals surface area contributed by atoms with Crippen molar-refractivity contribution in [2.45, 2.75) is 47.1 Å². The number of fused-ring (bicyclic) bond motifs is 2. The maximum atomic E-state index is 12.7. The lowest BCUT2D eigenvalue weighted by atomic mass is 10.0. The first-order valence-corrected chi connectivity index (χ1v) is 10.0. The van der Waals surface area contributed by atoms with Crippen molar-refractivity contribution >= 4 is 23.7 Å². The van der Waals surface area contributed by atoms with Crippen LogP contribution < -0.4 is 10.2 Å². The molecule has 146 valence electrons. The first kappa shape index (κ1) is 22.7. The van der Waals surface area contributed by atoms with Gasteiger partial charge in [0.05, 0.1) is 12.2 Å². The van der Waals surface area contributed by atoms with Crippen LogP contribution in [0.15, 0.2) is 48.5 Å². The van der Waals surface area contributed by atoms with Crippen LogP contribution in [-0.2, 0) is 11.3 Å². The van der Waals surface area contributed by atoms with E-state index in [1.165, 1.54) is 17.5 Å². The van der Waals surface area contributed by atoms with Gasteiger partial charge in [0.15, 0.2) is 0 Å². The van der Waals surface area contributed by atoms with Gasteiger partial charge in [-0.1, -0.05) is 88.7 Å². The number of carbonyl (C=O) groups excluding carboxylic acids is 1. The third-order valence-corrected chi connectivity index (χ3v) is 3.94. The largest absolute Gasteiger partial charge is 0.319 e. The molecule has 1 aliphatic rings. The third-order valence-electron chi connectivity index (χ3n) is 3.94. The van der Waals surface area contributed by atoms with Crippen molar-refractivity contribution in [2.75, 3.05) is 18.5 Å². The molecule has 0 saturated heterocycles. The zero-order valence-corrected chi connectivity index (χ0v) is 17.5. The number of anilines is 1. The Kier molecular flexibility index (Phi) is 10.8. The molecule has 3 rings (SSSR count). The minimum Gasteiger partial charge on any atom is -0.319 e. The number of benzene rings is 2. The number of rotatable bonds is 3. The van der Waals surface area contributed by atoms with Crippen molar-refractivity contribution in [2.24, 2.45) is 0 Å². The van der Waals surface area contributed by atoms with E-state index in [4.69, 9.17) is 0 Å². The van der Waals surface area contributed by atoms with Crippen molar-refractivity contribution in [3.63, 3.8) is 0 Å². The average molecular weight is 367 g/mol. The van der Waals surface area contributed by atoms with Crippen molar-refractivity contribution in [3.8, 4) is 0 Å². The summed E-state index contributed by atoms with van der Waals surface area (Å²) >= 11 is 0. The molecule has 0 spiro atoms. The molecule has 1 heterocycles. The summed E-state index contributed by atoms with van der Waals surface area (Å²) in [5.74, 6) is 0.145. The highest BCUT2D eigenvalue weighted by Crippen LogP contribution is 2.29. The van der Waals surface area contributed by atoms with Gasteiger partial charge in [0.25, 0.3) is 0 Å². The molecule has 0 unspecified atom stereocenters. The molecule has 1 aliphatic heterocycles. The Morgan fingerprint density at radius 1 is 0.963 bits per heavy atom. The van der Waals surface area contributed by atoms with Crippen LogP contribution >= 0.6 is 0 Å². The van der Waals surface area contributed by atoms with Gasteiger partial charge in [-0.15, -0.1) is 0 Å². The van der Waals surface area contributed by atoms with Gasteiger partial charge >= 0.3 is 0 Å². The minimum atomic E-state index is 0.145. The Labute approximate surface area is 165 Å². The van der Waals surface area contributed by atoms with E-state index in [-0.39, 0.29) is 5.91 Å². The summed E-state index contributed by atoms with van der Waals surface area (Å²) in [7, 11) is 1.87. The topological polar surface area (TPSA) is 32.3 Å². The maximum absolute atomic E-state index is 12.7. The van der Waals surface area contributed by atoms with Crippen molar-refractivity contribution < 1.29 is 4.79 Å². The molecule has 3 nitrogen and oxygen atoms in total. The van der Waals surface area contributed by atoms with Crippen LogP contribution in [0.1, 0.15) is 57.2 Å². The zero-order valence-electron chi connectivity index (χ0n) is 17.5. The van der Waals surface area contributed by atoms with Gasteiger partial charge < -0.3 is 10.2 Å². The van der Waals surface area contributed by atoms with Gasteiger partial charge in [0.2, 0.25) is 5.91 Å². The number of carbonyl (C=O) groups is 1. The number of para-hydroxylation sites is 1. The quantitative estimate of drug-likeness (QED) is 0.749. The van der Waals surface area contributed by atoms with Crippen LogP contribution in [0.2, 0.25) is 0 Å². The van der Waals surface area contributed by atoms with Crippen molar-refractivity contribution in [3.05, 3.63) is 65.2 Å². The van der Waals surface area contributed by atoms with Crippen molar-refractivity contribution in [1.82, 2.24) is 5.32 Å². The summed E-state index contributed by atoms with van der Waals surface area (Å²) in [6.45, 7) is 9.55. The van der Waals surface area contributed by atoms with Crippen LogP contribution in [0.25, 0.3) is 12.2 Å². The highest BCUT2D eigenvalue weighted by atomic mass is 16.2. The number of nitrogens with zero attached hydrogens (tertiary/aromatic N) is 1. The fraction of sp³-hybridized carbons (Fsp3) is 0.375. The summed E-state index contributed by atoms with van der Waals surface area (Å²) in [5.41, 5.74) is 4.40. The molecule has 1 N–H and O–H groups in total. The molecular weight excluding hydrogens is 332 g/mol. The lowest BCUT2D eigenvalue weighted by molar-refractivity contribution is -0.118. The van der Waals surface area contributed by atoms with E-state index in [2.05, 4.69) is 49.5 Å². The van der Waals surface area contributed by atoms with E-state index >= 15 is 0 Å². The second kappa shape index (κ2) is 12.9. The smallest absolute Gasteiger partial charge is 0.228 e. The second-order valence-electron chi connectivity index (χ2n) is 6.13. The Morgan fingerprint density at radius 2 is 1.52 bits per heavy atom. The molecule has 0 atom stereocenters. The molecule has 2 aromatic rings. The monoisotopic (exact) mass is 366 g/mol. The Bertz CT molecular complexity index is 722. The lowest BCUT2D eigenvalue weighted by Crippen LogP contribution is -2.33. The fourth-order valence-electron chi connectivity index (χ4n) is 2.74. The molecule has 0 fully saturated rings. The third kappa shape index (κ3) is 6.69. The normalized spacial score (nSPS) is 12.7. The summed E-state index contributed by atoms with van der Waals surface area (Å²) < 4.78 is 0. The van der Waals surface area contributed by atoms with Gasteiger partial charge in [-0.25, -0.2) is 0 Å². The molecular formula is C24H34N2O. The summed E-state index contributed by atoms with van der Waals surface area (Å²) in [4.78, 5) is 14.6. The van der Waals surface area contributed by atoms with Gasteiger partial charge in [-0.3, -0.25) is 4.79 Å². The molecule has 0 bridgehead atoms. The number of amides is 1. The second-order valence-corrected chi connectivity index (χ2v) is 6.13. The number of hydrogen-bond acceptors (Lipinski definition) is 2. The molecule has 27 heavy (non-hydrogen) atoms. The molecule has 0 radical (unpaired) electrons. The summed E-state index contributed by atoms with van der Waals surface area (Å²) in [6, 6.07) is 16.3. The standard InChI is InChI=1S/C19H20N2O.C3H8.C2H6/c1-20-13-12-19(22)21-14-17-8-3-2-6-15(17)10-11-16-7-4-5-9-18(16)21;1-3-2;1-2/h2-11,20H,12-14H2,1H3;3H2,1-2H3;1-2H3/b11-10-;;. The van der Waals surface area contributed by atoms with Gasteiger partial charge in [0.1, 0.15) is 0 Å². The average Bonchev–Trinajstić information content (AvgIpc) is 2.70. The number of nitrogens with one attached hydrogen (secondary N) is 1. The van der Waals surface area contributed by atoms with Crippen LogP contribution in [0.3, 0.4) is 0 Å². The molecule has 0 saturated carbocycles. The Balaban J connectivity index is 0.000000665. The predicted molar refractivity (Wildman–Crippen MR) is 119 cm³/mol. The fourth-order valence-corrected chi connectivity index (χ4v) is 2.74. The van der Waals surface area contributed by atoms with Crippen LogP contribution in [0.4, 0.5) is 5.69 Å². The van der Waals surface area contributed by atoms with E-state index < -0.39 is 0 Å². The molecule has 0 aliphatic carbocycles. The van der Waals surface area contributed by atoms with Gasteiger partial charge in [-0.2, -0.15) is 0 Å². The lowest BCUT2D eigenvalue weighted by Gasteiger charge is -2.27. The Morgan fingerprint density at radius 3 is 2.19 bits per heavy atom.